The zero-order chi connectivity index (χ0) is 23.9. The quantitative estimate of drug-likeness (QED) is 0.236. The minimum Gasteiger partial charge on any atom is -0.195 e. The van der Waals surface area contributed by atoms with Crippen LogP contribution < -0.4 is 9.13 Å². The Bertz CT molecular complexity index is 1600. The highest BCUT2D eigenvalue weighted by Gasteiger charge is 2.40. The normalized spacial score (nSPS) is 18.6. The number of fused-ring (bicyclic) bond motifs is 9. The Labute approximate surface area is 212 Å². The van der Waals surface area contributed by atoms with E-state index in [-0.39, 0.29) is 0 Å². The van der Waals surface area contributed by atoms with Gasteiger partial charge in [0.05, 0.1) is 11.5 Å². The van der Waals surface area contributed by atoms with E-state index in [0.717, 1.165) is 12.8 Å². The Hall–Kier alpha value is -4.30. The first-order chi connectivity index (χ1) is 17.9. The molecule has 7 rings (SSSR count). The van der Waals surface area contributed by atoms with Gasteiger partial charge in [-0.15, -0.1) is 0 Å². The van der Waals surface area contributed by atoms with E-state index >= 15 is 0 Å². The fraction of sp³-hybridized carbons (Fsp3) is 0.118. The number of pyridine rings is 2. The van der Waals surface area contributed by atoms with Crippen molar-refractivity contribution in [3.05, 3.63) is 139 Å². The summed E-state index contributed by atoms with van der Waals surface area (Å²) >= 11 is 0. The second-order valence-corrected chi connectivity index (χ2v) is 9.81. The number of benzene rings is 3. The van der Waals surface area contributed by atoms with Crippen LogP contribution in [0.5, 0.6) is 0 Å². The zero-order valence-electron chi connectivity index (χ0n) is 20.2. The molecule has 2 aliphatic rings. The Kier molecular flexibility index (Phi) is 5.10. The highest BCUT2D eigenvalue weighted by molar-refractivity contribution is 5.68. The molecule has 2 atom stereocenters. The number of hydrogen-bond acceptors (Lipinski definition) is 0. The van der Waals surface area contributed by atoms with Crippen LogP contribution in [0, 0.1) is 0 Å². The SMILES string of the molecule is C1=C/[n+]2cc(-c3ccccc3)ccc2-c2ccccc2CC2C(C/1)c1ccccc1-c1cccc[n+]12. The molecule has 36 heavy (non-hydrogen) atoms. The highest BCUT2D eigenvalue weighted by atomic mass is 15.0. The van der Waals surface area contributed by atoms with Crippen molar-refractivity contribution in [3.63, 3.8) is 0 Å². The molecule has 0 aliphatic carbocycles. The molecule has 0 saturated carbocycles. The highest BCUT2D eigenvalue weighted by Crippen LogP contribution is 2.42. The lowest BCUT2D eigenvalue weighted by Crippen LogP contribution is -2.48. The van der Waals surface area contributed by atoms with E-state index in [1.54, 1.807) is 0 Å². The molecule has 2 aromatic heterocycles. The van der Waals surface area contributed by atoms with E-state index in [1.807, 2.05) is 0 Å². The minimum absolute atomic E-state index is 0.358. The first-order valence-electron chi connectivity index (χ1n) is 12.8. The van der Waals surface area contributed by atoms with Crippen LogP contribution in [0.4, 0.5) is 0 Å². The summed E-state index contributed by atoms with van der Waals surface area (Å²) in [6, 6.07) is 40.1. The topological polar surface area (TPSA) is 7.76 Å². The van der Waals surface area contributed by atoms with E-state index in [1.165, 1.54) is 44.8 Å². The van der Waals surface area contributed by atoms with Gasteiger partial charge in [0.25, 0.3) is 0 Å². The number of rotatable bonds is 1. The fourth-order valence-corrected chi connectivity index (χ4v) is 6.12. The van der Waals surface area contributed by atoms with Crippen molar-refractivity contribution in [1.82, 2.24) is 0 Å². The van der Waals surface area contributed by atoms with Gasteiger partial charge in [-0.25, -0.2) is 0 Å². The van der Waals surface area contributed by atoms with Crippen molar-refractivity contribution in [1.29, 1.82) is 0 Å². The Balaban J connectivity index is 1.42. The van der Waals surface area contributed by atoms with Crippen molar-refractivity contribution < 1.29 is 9.13 Å². The molecule has 3 aromatic carbocycles. The van der Waals surface area contributed by atoms with Crippen LogP contribution >= 0.6 is 0 Å². The number of hydrogen-bond donors (Lipinski definition) is 0. The average molecular weight is 465 g/mol. The van der Waals surface area contributed by atoms with Crippen molar-refractivity contribution in [2.45, 2.75) is 24.8 Å². The summed E-state index contributed by atoms with van der Waals surface area (Å²) in [5, 5.41) is 0. The van der Waals surface area contributed by atoms with Crippen molar-refractivity contribution >= 4 is 6.20 Å². The zero-order valence-corrected chi connectivity index (χ0v) is 20.2. The van der Waals surface area contributed by atoms with Crippen LogP contribution in [0.15, 0.2) is 128 Å². The lowest BCUT2D eigenvalue weighted by molar-refractivity contribution is -0.718. The summed E-state index contributed by atoms with van der Waals surface area (Å²) in [4.78, 5) is 0. The molecule has 4 heterocycles. The van der Waals surface area contributed by atoms with Crippen LogP contribution in [-0.2, 0) is 6.42 Å². The molecule has 172 valence electrons. The Morgan fingerprint density at radius 1 is 0.611 bits per heavy atom. The molecule has 0 fully saturated rings. The third kappa shape index (κ3) is 3.49. The summed E-state index contributed by atoms with van der Waals surface area (Å²) in [5.41, 5.74) is 10.5. The van der Waals surface area contributed by atoms with Gasteiger partial charge in [-0.3, -0.25) is 0 Å². The van der Waals surface area contributed by atoms with Gasteiger partial charge in [-0.1, -0.05) is 66.7 Å². The van der Waals surface area contributed by atoms with Gasteiger partial charge in [-0.05, 0) is 53.5 Å². The molecule has 0 radical (unpaired) electrons. The largest absolute Gasteiger partial charge is 0.218 e. The van der Waals surface area contributed by atoms with Crippen LogP contribution in [0.2, 0.25) is 0 Å². The smallest absolute Gasteiger partial charge is 0.195 e. The van der Waals surface area contributed by atoms with Crippen molar-refractivity contribution in [2.75, 3.05) is 0 Å². The maximum absolute atomic E-state index is 2.52. The summed E-state index contributed by atoms with van der Waals surface area (Å²) in [6.45, 7) is 0. The van der Waals surface area contributed by atoms with Crippen molar-refractivity contribution in [2.24, 2.45) is 0 Å². The Morgan fingerprint density at radius 3 is 2.31 bits per heavy atom. The van der Waals surface area contributed by atoms with E-state index in [4.69, 9.17) is 0 Å². The average Bonchev–Trinajstić information content (AvgIpc) is 2.95. The summed E-state index contributed by atoms with van der Waals surface area (Å²) in [6.07, 6.45) is 11.2. The van der Waals surface area contributed by atoms with E-state index in [0.29, 0.717) is 12.0 Å². The van der Waals surface area contributed by atoms with Crippen LogP contribution in [0.3, 0.4) is 0 Å². The standard InChI is InChI=1S/C34H28N2/c1-2-11-25(12-3-1)27-19-20-32-28-14-5-4-13-26(28)23-34-31(17-10-21-35(32)24-27)29-15-6-7-16-30(29)33-18-8-9-22-36(33)34/h1-16,18-22,24,31,34H,17,23H2/q+2/b21-10+. The molecule has 0 spiro atoms. The van der Waals surface area contributed by atoms with E-state index in [9.17, 15) is 0 Å². The molecule has 2 heteroatoms. The second kappa shape index (κ2) is 8.73. The molecular weight excluding hydrogens is 436 g/mol. The van der Waals surface area contributed by atoms with E-state index < -0.39 is 0 Å². The molecule has 0 saturated heterocycles. The molecule has 0 amide bonds. The van der Waals surface area contributed by atoms with Gasteiger partial charge < -0.3 is 0 Å². The number of aromatic nitrogens is 2. The maximum atomic E-state index is 2.52. The van der Waals surface area contributed by atoms with Gasteiger partial charge in [0, 0.05) is 35.7 Å². The fourth-order valence-electron chi connectivity index (χ4n) is 6.12. The third-order valence-corrected chi connectivity index (χ3v) is 7.81. The molecule has 5 aromatic rings. The monoisotopic (exact) mass is 464 g/mol. The lowest BCUT2D eigenvalue weighted by Gasteiger charge is -2.30. The number of nitrogens with zero attached hydrogens (tertiary/aromatic N) is 2. The second-order valence-electron chi connectivity index (χ2n) is 9.81. The van der Waals surface area contributed by atoms with Crippen molar-refractivity contribution in [3.8, 4) is 33.6 Å². The molecule has 2 nitrogen and oxygen atoms in total. The van der Waals surface area contributed by atoms with Crippen LogP contribution in [-0.4, -0.2) is 0 Å². The molecule has 0 N–H and O–H groups in total. The number of allylic oxidation sites excluding steroid dienone is 1. The van der Waals surface area contributed by atoms with E-state index in [2.05, 4.69) is 143 Å². The lowest BCUT2D eigenvalue weighted by atomic mass is 9.78. The van der Waals surface area contributed by atoms with Crippen LogP contribution in [0.1, 0.15) is 29.5 Å². The van der Waals surface area contributed by atoms with Gasteiger partial charge in [0.15, 0.2) is 24.6 Å². The first-order valence-corrected chi connectivity index (χ1v) is 12.8. The van der Waals surface area contributed by atoms with Gasteiger partial charge in [0.1, 0.15) is 0 Å². The van der Waals surface area contributed by atoms with Gasteiger partial charge in [0.2, 0.25) is 11.4 Å². The predicted octanol–water partition coefficient (Wildman–Crippen LogP) is 7.02. The van der Waals surface area contributed by atoms with Gasteiger partial charge >= 0.3 is 0 Å². The third-order valence-electron chi connectivity index (χ3n) is 7.81. The van der Waals surface area contributed by atoms with Crippen LogP contribution in [0.25, 0.3) is 39.8 Å². The summed E-state index contributed by atoms with van der Waals surface area (Å²) in [7, 11) is 0. The minimum atomic E-state index is 0.358. The molecule has 2 unspecified atom stereocenters. The summed E-state index contributed by atoms with van der Waals surface area (Å²) < 4.78 is 4.84. The maximum Gasteiger partial charge on any atom is 0.218 e. The Morgan fingerprint density at radius 2 is 1.39 bits per heavy atom. The summed E-state index contributed by atoms with van der Waals surface area (Å²) in [5.74, 6) is 0.407. The molecule has 0 bridgehead atoms. The molecule has 2 aliphatic heterocycles. The molecular formula is C34H28N2+2. The first kappa shape index (κ1) is 21.0. The van der Waals surface area contributed by atoms with Gasteiger partial charge in [-0.2, -0.15) is 9.13 Å². The predicted molar refractivity (Wildman–Crippen MR) is 145 cm³/mol.